The minimum atomic E-state index is -0.124. The lowest BCUT2D eigenvalue weighted by Crippen LogP contribution is -2.40. The molecule has 2 amide bonds. The van der Waals surface area contributed by atoms with E-state index in [0.717, 1.165) is 45.2 Å². The number of hydrogen-bond acceptors (Lipinski definition) is 6. The number of thiophene rings is 1. The molecule has 2 aliphatic heterocycles. The van der Waals surface area contributed by atoms with Crippen LogP contribution in [0.1, 0.15) is 50.2 Å². The summed E-state index contributed by atoms with van der Waals surface area (Å²) in [5.74, 6) is 0.654. The van der Waals surface area contributed by atoms with Crippen molar-refractivity contribution < 1.29 is 14.3 Å². The number of para-hydroxylation sites is 1. The molecule has 3 aliphatic rings. The number of morpholine rings is 1. The monoisotopic (exact) mass is 550 g/mol. The van der Waals surface area contributed by atoms with Crippen LogP contribution in [0.3, 0.4) is 0 Å². The largest absolute Gasteiger partial charge is 0.377 e. The number of rotatable bonds is 5. The minimum Gasteiger partial charge on any atom is -0.377 e. The van der Waals surface area contributed by atoms with Gasteiger partial charge in [-0.1, -0.05) is 54.6 Å². The van der Waals surface area contributed by atoms with E-state index in [9.17, 15) is 9.59 Å². The van der Waals surface area contributed by atoms with E-state index in [1.807, 2.05) is 65.6 Å². The van der Waals surface area contributed by atoms with Gasteiger partial charge in [0.1, 0.15) is 11.5 Å². The third kappa shape index (κ3) is 4.78. The SMILES string of the molecule is O=C(NC1CC1)c1cc2c(s1)-c1ccccc1N(C(=O)c1cccc(N3CCOC[C@H]3c3ccccc3)n1)CC2. The summed E-state index contributed by atoms with van der Waals surface area (Å²) in [5.41, 5.74) is 4.52. The molecule has 2 aromatic carbocycles. The van der Waals surface area contributed by atoms with Crippen LogP contribution in [0.2, 0.25) is 0 Å². The Morgan fingerprint density at radius 3 is 2.62 bits per heavy atom. The van der Waals surface area contributed by atoms with Gasteiger partial charge >= 0.3 is 0 Å². The summed E-state index contributed by atoms with van der Waals surface area (Å²) in [6.07, 6.45) is 2.79. The third-order valence-electron chi connectivity index (χ3n) is 7.80. The zero-order valence-electron chi connectivity index (χ0n) is 22.1. The molecule has 7 rings (SSSR count). The summed E-state index contributed by atoms with van der Waals surface area (Å²) in [6.45, 7) is 2.41. The van der Waals surface area contributed by atoms with E-state index >= 15 is 0 Å². The second kappa shape index (κ2) is 10.5. The molecule has 0 bridgehead atoms. The molecule has 4 heterocycles. The molecule has 1 saturated carbocycles. The van der Waals surface area contributed by atoms with Crippen molar-refractivity contribution in [2.45, 2.75) is 31.3 Å². The van der Waals surface area contributed by atoms with Crippen molar-refractivity contribution in [2.24, 2.45) is 0 Å². The van der Waals surface area contributed by atoms with Crippen molar-refractivity contribution in [3.8, 4) is 10.4 Å². The fourth-order valence-electron chi connectivity index (χ4n) is 5.57. The third-order valence-corrected chi connectivity index (χ3v) is 9.00. The lowest BCUT2D eigenvalue weighted by atomic mass is 10.0. The molecule has 0 spiro atoms. The first-order valence-electron chi connectivity index (χ1n) is 13.9. The van der Waals surface area contributed by atoms with Gasteiger partial charge in [0.15, 0.2) is 0 Å². The second-order valence-corrected chi connectivity index (χ2v) is 11.6. The highest BCUT2D eigenvalue weighted by atomic mass is 32.1. The molecule has 1 atom stereocenters. The van der Waals surface area contributed by atoms with E-state index < -0.39 is 0 Å². The quantitative estimate of drug-likeness (QED) is 0.356. The molecular weight excluding hydrogens is 520 g/mol. The van der Waals surface area contributed by atoms with Gasteiger partial charge in [-0.3, -0.25) is 9.59 Å². The van der Waals surface area contributed by atoms with Gasteiger partial charge in [0.05, 0.1) is 29.8 Å². The molecule has 0 radical (unpaired) electrons. The van der Waals surface area contributed by atoms with Gasteiger partial charge in [-0.25, -0.2) is 4.98 Å². The molecule has 1 aliphatic carbocycles. The molecule has 0 unspecified atom stereocenters. The highest BCUT2D eigenvalue weighted by molar-refractivity contribution is 7.17. The Morgan fingerprint density at radius 2 is 1.77 bits per heavy atom. The van der Waals surface area contributed by atoms with Crippen molar-refractivity contribution in [1.82, 2.24) is 10.3 Å². The number of pyridine rings is 1. The van der Waals surface area contributed by atoms with E-state index in [1.165, 1.54) is 16.9 Å². The fraction of sp³-hybridized carbons (Fsp3) is 0.281. The van der Waals surface area contributed by atoms with Gasteiger partial charge in [-0.15, -0.1) is 11.3 Å². The number of carbonyl (C=O) groups is 2. The maximum atomic E-state index is 14.0. The Morgan fingerprint density at radius 1 is 0.950 bits per heavy atom. The molecule has 8 heteroatoms. The van der Waals surface area contributed by atoms with Crippen molar-refractivity contribution in [3.63, 3.8) is 0 Å². The highest BCUT2D eigenvalue weighted by Crippen LogP contribution is 2.42. The summed E-state index contributed by atoms with van der Waals surface area (Å²) >= 11 is 1.51. The first-order chi connectivity index (χ1) is 19.7. The topological polar surface area (TPSA) is 74.8 Å². The number of amides is 2. The van der Waals surface area contributed by atoms with Crippen molar-refractivity contribution in [3.05, 3.63) is 101 Å². The lowest BCUT2D eigenvalue weighted by Gasteiger charge is -2.37. The van der Waals surface area contributed by atoms with Gasteiger partial charge in [0, 0.05) is 29.6 Å². The van der Waals surface area contributed by atoms with Gasteiger partial charge < -0.3 is 19.9 Å². The zero-order valence-corrected chi connectivity index (χ0v) is 22.9. The Labute approximate surface area is 237 Å². The van der Waals surface area contributed by atoms with E-state index in [-0.39, 0.29) is 17.9 Å². The fourth-order valence-corrected chi connectivity index (χ4v) is 6.72. The standard InChI is InChI=1S/C32H30N4O3S/c37-31(33-23-13-14-23)28-19-22-15-16-36(26-11-5-4-9-24(26)30(22)40-28)32(38)25-10-6-12-29(34-25)35-17-18-39-20-27(35)21-7-2-1-3-8-21/h1-12,19,23,27H,13-18,20H2,(H,33,37)/t27-/m0/s1. The van der Waals surface area contributed by atoms with Crippen LogP contribution in [0.4, 0.5) is 11.5 Å². The van der Waals surface area contributed by atoms with E-state index in [2.05, 4.69) is 22.3 Å². The number of benzene rings is 2. The summed E-state index contributed by atoms with van der Waals surface area (Å²) in [7, 11) is 0. The summed E-state index contributed by atoms with van der Waals surface area (Å²) in [5, 5.41) is 3.10. The van der Waals surface area contributed by atoms with Crippen LogP contribution in [-0.2, 0) is 11.2 Å². The maximum absolute atomic E-state index is 14.0. The Balaban J connectivity index is 1.18. The maximum Gasteiger partial charge on any atom is 0.276 e. The van der Waals surface area contributed by atoms with Gasteiger partial charge in [0.2, 0.25) is 0 Å². The molecule has 40 heavy (non-hydrogen) atoms. The van der Waals surface area contributed by atoms with Crippen LogP contribution in [0.15, 0.2) is 78.9 Å². The smallest absolute Gasteiger partial charge is 0.276 e. The predicted molar refractivity (Wildman–Crippen MR) is 157 cm³/mol. The minimum absolute atomic E-state index is 0.00363. The summed E-state index contributed by atoms with van der Waals surface area (Å²) in [4.78, 5) is 37.6. The van der Waals surface area contributed by atoms with Gasteiger partial charge in [0.25, 0.3) is 11.8 Å². The van der Waals surface area contributed by atoms with Crippen molar-refractivity contribution in [1.29, 1.82) is 0 Å². The number of anilines is 2. The molecule has 1 N–H and O–H groups in total. The second-order valence-electron chi connectivity index (χ2n) is 10.5. The number of ether oxygens (including phenoxy) is 1. The lowest BCUT2D eigenvalue weighted by molar-refractivity contribution is 0.0935. The normalized spacial score (nSPS) is 18.4. The van der Waals surface area contributed by atoms with Crippen LogP contribution in [0, 0.1) is 0 Å². The highest BCUT2D eigenvalue weighted by Gasteiger charge is 2.31. The zero-order chi connectivity index (χ0) is 27.1. The van der Waals surface area contributed by atoms with Gasteiger partial charge in [-0.05, 0) is 54.7 Å². The predicted octanol–water partition coefficient (Wildman–Crippen LogP) is 5.48. The Kier molecular flexibility index (Phi) is 6.57. The average Bonchev–Trinajstić information content (AvgIpc) is 3.75. The van der Waals surface area contributed by atoms with Crippen molar-refractivity contribution in [2.75, 3.05) is 36.1 Å². The number of fused-ring (bicyclic) bond motifs is 3. The molecular formula is C32H30N4O3S. The number of carbonyl (C=O) groups excluding carboxylic acids is 2. The summed E-state index contributed by atoms with van der Waals surface area (Å²) in [6, 6.07) is 26.3. The molecule has 4 aromatic rings. The van der Waals surface area contributed by atoms with Crippen LogP contribution in [0.5, 0.6) is 0 Å². The number of aromatic nitrogens is 1. The molecule has 202 valence electrons. The van der Waals surface area contributed by atoms with E-state index in [0.29, 0.717) is 44.5 Å². The van der Waals surface area contributed by atoms with E-state index in [1.54, 1.807) is 6.07 Å². The molecule has 2 fully saturated rings. The number of nitrogens with zero attached hydrogens (tertiary/aromatic N) is 3. The number of nitrogens with one attached hydrogen (secondary N) is 1. The van der Waals surface area contributed by atoms with Gasteiger partial charge in [-0.2, -0.15) is 0 Å². The van der Waals surface area contributed by atoms with E-state index in [4.69, 9.17) is 9.72 Å². The summed E-state index contributed by atoms with van der Waals surface area (Å²) < 4.78 is 5.81. The number of hydrogen-bond donors (Lipinski definition) is 1. The van der Waals surface area contributed by atoms with Crippen LogP contribution >= 0.6 is 11.3 Å². The average molecular weight is 551 g/mol. The first-order valence-corrected chi connectivity index (χ1v) is 14.7. The van der Waals surface area contributed by atoms with Crippen LogP contribution in [0.25, 0.3) is 10.4 Å². The Bertz CT molecular complexity index is 1570. The van der Waals surface area contributed by atoms with Crippen LogP contribution < -0.4 is 15.1 Å². The molecule has 1 saturated heterocycles. The van der Waals surface area contributed by atoms with Crippen LogP contribution in [-0.4, -0.2) is 49.1 Å². The molecule has 2 aromatic heterocycles. The first kappa shape index (κ1) is 25.0. The van der Waals surface area contributed by atoms with Crippen molar-refractivity contribution >= 4 is 34.7 Å². The Hall–Kier alpha value is -4.01. The molecule has 7 nitrogen and oxygen atoms in total.